The van der Waals surface area contributed by atoms with Gasteiger partial charge in [0.1, 0.15) is 0 Å². The molecule has 0 aliphatic carbocycles. The zero-order valence-corrected chi connectivity index (χ0v) is 10.3. The van der Waals surface area contributed by atoms with Crippen molar-refractivity contribution in [3.05, 3.63) is 35.3 Å². The standard InChI is InChI=1S/C12H18N2OS/c1-2-3-4-5-6-7-10-16-12-13-9-8-11(15)14-12/h2,8-9H,1,3-7,10H2,(H,13,14,15). The van der Waals surface area contributed by atoms with E-state index < -0.39 is 0 Å². The van der Waals surface area contributed by atoms with Crippen LogP contribution in [0, 0.1) is 0 Å². The van der Waals surface area contributed by atoms with Gasteiger partial charge in [0.05, 0.1) is 0 Å². The van der Waals surface area contributed by atoms with Crippen LogP contribution in [0.3, 0.4) is 0 Å². The molecule has 1 rings (SSSR count). The quantitative estimate of drug-likeness (QED) is 0.328. The van der Waals surface area contributed by atoms with Gasteiger partial charge in [-0.3, -0.25) is 4.79 Å². The maximum absolute atomic E-state index is 11.0. The summed E-state index contributed by atoms with van der Waals surface area (Å²) in [7, 11) is 0. The highest BCUT2D eigenvalue weighted by molar-refractivity contribution is 7.99. The van der Waals surface area contributed by atoms with Crippen molar-refractivity contribution in [3.8, 4) is 0 Å². The maximum atomic E-state index is 11.0. The molecule has 0 saturated carbocycles. The van der Waals surface area contributed by atoms with Crippen molar-refractivity contribution in [1.29, 1.82) is 0 Å². The van der Waals surface area contributed by atoms with E-state index in [4.69, 9.17) is 0 Å². The number of rotatable bonds is 8. The molecule has 0 unspecified atom stereocenters. The van der Waals surface area contributed by atoms with Crippen molar-refractivity contribution in [1.82, 2.24) is 9.97 Å². The Kier molecular flexibility index (Phi) is 6.65. The highest BCUT2D eigenvalue weighted by atomic mass is 32.2. The van der Waals surface area contributed by atoms with Gasteiger partial charge in [-0.15, -0.1) is 6.58 Å². The van der Waals surface area contributed by atoms with E-state index in [1.165, 1.54) is 31.7 Å². The van der Waals surface area contributed by atoms with Crippen molar-refractivity contribution < 1.29 is 0 Å². The minimum Gasteiger partial charge on any atom is -0.301 e. The summed E-state index contributed by atoms with van der Waals surface area (Å²) in [5.74, 6) is 1.01. The first-order valence-corrected chi connectivity index (χ1v) is 6.60. The normalized spacial score (nSPS) is 10.2. The van der Waals surface area contributed by atoms with E-state index in [0.717, 1.165) is 17.3 Å². The van der Waals surface area contributed by atoms with Crippen molar-refractivity contribution >= 4 is 11.8 Å². The van der Waals surface area contributed by atoms with Crippen LogP contribution >= 0.6 is 11.8 Å². The van der Waals surface area contributed by atoms with Crippen molar-refractivity contribution in [3.63, 3.8) is 0 Å². The topological polar surface area (TPSA) is 45.8 Å². The summed E-state index contributed by atoms with van der Waals surface area (Å²) >= 11 is 1.61. The minimum atomic E-state index is -0.0801. The lowest BCUT2D eigenvalue weighted by atomic mass is 10.2. The van der Waals surface area contributed by atoms with E-state index in [2.05, 4.69) is 16.5 Å². The molecule has 1 aromatic rings. The average Bonchev–Trinajstić information content (AvgIpc) is 2.28. The van der Waals surface area contributed by atoms with Crippen LogP contribution < -0.4 is 5.56 Å². The lowest BCUT2D eigenvalue weighted by molar-refractivity contribution is 0.678. The molecule has 1 N–H and O–H groups in total. The number of H-pyrrole nitrogens is 1. The molecular weight excluding hydrogens is 220 g/mol. The number of aromatic nitrogens is 2. The molecule has 0 bridgehead atoms. The fraction of sp³-hybridized carbons (Fsp3) is 0.500. The predicted molar refractivity (Wildman–Crippen MR) is 68.9 cm³/mol. The molecule has 88 valence electrons. The third-order valence-corrected chi connectivity index (χ3v) is 3.16. The van der Waals surface area contributed by atoms with Crippen LogP contribution in [0.2, 0.25) is 0 Å². The molecule has 1 aromatic heterocycles. The van der Waals surface area contributed by atoms with Gasteiger partial charge >= 0.3 is 0 Å². The van der Waals surface area contributed by atoms with Crippen LogP contribution in [-0.4, -0.2) is 15.7 Å². The van der Waals surface area contributed by atoms with E-state index >= 15 is 0 Å². The van der Waals surface area contributed by atoms with E-state index in [1.807, 2.05) is 6.08 Å². The molecule has 0 spiro atoms. The van der Waals surface area contributed by atoms with Gasteiger partial charge in [0, 0.05) is 18.0 Å². The second-order valence-electron chi connectivity index (χ2n) is 3.58. The van der Waals surface area contributed by atoms with E-state index in [-0.39, 0.29) is 5.56 Å². The number of hydrogen-bond acceptors (Lipinski definition) is 3. The second-order valence-corrected chi connectivity index (χ2v) is 4.66. The minimum absolute atomic E-state index is 0.0801. The molecule has 3 nitrogen and oxygen atoms in total. The Bertz CT molecular complexity index is 362. The van der Waals surface area contributed by atoms with Crippen LogP contribution in [-0.2, 0) is 0 Å². The van der Waals surface area contributed by atoms with E-state index in [9.17, 15) is 4.79 Å². The van der Waals surface area contributed by atoms with E-state index in [1.54, 1.807) is 18.0 Å². The van der Waals surface area contributed by atoms with Gasteiger partial charge in [0.2, 0.25) is 0 Å². The van der Waals surface area contributed by atoms with Gasteiger partial charge in [-0.2, -0.15) is 0 Å². The molecule has 16 heavy (non-hydrogen) atoms. The smallest absolute Gasteiger partial charge is 0.251 e. The number of nitrogens with zero attached hydrogens (tertiary/aromatic N) is 1. The summed E-state index contributed by atoms with van der Waals surface area (Å²) in [4.78, 5) is 17.8. The monoisotopic (exact) mass is 238 g/mol. The largest absolute Gasteiger partial charge is 0.301 e. The Balaban J connectivity index is 2.07. The fourth-order valence-corrected chi connectivity index (χ4v) is 2.19. The van der Waals surface area contributed by atoms with Crippen molar-refractivity contribution in [2.45, 2.75) is 37.3 Å². The van der Waals surface area contributed by atoms with Crippen LogP contribution in [0.15, 0.2) is 34.9 Å². The average molecular weight is 238 g/mol. The highest BCUT2D eigenvalue weighted by Crippen LogP contribution is 2.13. The van der Waals surface area contributed by atoms with E-state index in [0.29, 0.717) is 0 Å². The van der Waals surface area contributed by atoms with Gasteiger partial charge in [0.25, 0.3) is 5.56 Å². The molecule has 0 amide bonds. The Morgan fingerprint density at radius 2 is 2.19 bits per heavy atom. The number of thioether (sulfide) groups is 1. The Labute approximate surface area is 100 Å². The maximum Gasteiger partial charge on any atom is 0.251 e. The number of unbranched alkanes of at least 4 members (excludes halogenated alkanes) is 4. The van der Waals surface area contributed by atoms with Crippen LogP contribution in [0.25, 0.3) is 0 Å². The molecule has 0 aromatic carbocycles. The molecule has 0 fully saturated rings. The first-order valence-electron chi connectivity index (χ1n) is 5.62. The Morgan fingerprint density at radius 1 is 1.38 bits per heavy atom. The summed E-state index contributed by atoms with van der Waals surface area (Å²) < 4.78 is 0. The van der Waals surface area contributed by atoms with Gasteiger partial charge < -0.3 is 4.98 Å². The first kappa shape index (κ1) is 13.0. The van der Waals surface area contributed by atoms with Crippen LogP contribution in [0.5, 0.6) is 0 Å². The molecule has 1 heterocycles. The summed E-state index contributed by atoms with van der Waals surface area (Å²) in [5.41, 5.74) is -0.0801. The lowest BCUT2D eigenvalue weighted by Crippen LogP contribution is -2.05. The third-order valence-electron chi connectivity index (χ3n) is 2.19. The summed E-state index contributed by atoms with van der Waals surface area (Å²) in [5, 5.41) is 0.721. The zero-order valence-electron chi connectivity index (χ0n) is 9.45. The highest BCUT2D eigenvalue weighted by Gasteiger charge is 1.96. The molecule has 0 radical (unpaired) electrons. The molecular formula is C12H18N2OS. The van der Waals surface area contributed by atoms with Gasteiger partial charge in [-0.05, 0) is 19.3 Å². The first-order chi connectivity index (χ1) is 7.83. The molecule has 0 aliphatic heterocycles. The predicted octanol–water partition coefficient (Wildman–Crippen LogP) is 3.00. The second kappa shape index (κ2) is 8.16. The third kappa shape index (κ3) is 5.75. The van der Waals surface area contributed by atoms with Gasteiger partial charge in [-0.25, -0.2) is 4.98 Å². The van der Waals surface area contributed by atoms with Gasteiger partial charge in [-0.1, -0.05) is 30.7 Å². The number of nitrogens with one attached hydrogen (secondary N) is 1. The summed E-state index contributed by atoms with van der Waals surface area (Å²) in [6.45, 7) is 3.70. The number of aromatic amines is 1. The van der Waals surface area contributed by atoms with Gasteiger partial charge in [0.15, 0.2) is 5.16 Å². The number of hydrogen-bond donors (Lipinski definition) is 1. The number of allylic oxidation sites excluding steroid dienone is 1. The SMILES string of the molecule is C=CCCCCCCSc1nccc(=O)[nH]1. The summed E-state index contributed by atoms with van der Waals surface area (Å²) in [6.07, 6.45) is 9.51. The lowest BCUT2D eigenvalue weighted by Gasteiger charge is -2.00. The zero-order chi connectivity index (χ0) is 11.6. The van der Waals surface area contributed by atoms with Crippen LogP contribution in [0.1, 0.15) is 32.1 Å². The van der Waals surface area contributed by atoms with Crippen molar-refractivity contribution in [2.75, 3.05) is 5.75 Å². The Morgan fingerprint density at radius 3 is 2.94 bits per heavy atom. The molecule has 0 aliphatic rings. The Hall–Kier alpha value is -1.03. The molecule has 0 atom stereocenters. The van der Waals surface area contributed by atoms with Crippen LogP contribution in [0.4, 0.5) is 0 Å². The van der Waals surface area contributed by atoms with Crippen molar-refractivity contribution in [2.24, 2.45) is 0 Å². The summed E-state index contributed by atoms with van der Waals surface area (Å²) in [6, 6.07) is 1.43. The molecule has 0 saturated heterocycles. The molecule has 4 heteroatoms. The fourth-order valence-electron chi connectivity index (χ4n) is 1.34.